The molecule has 30 heavy (non-hydrogen) atoms. The average Bonchev–Trinajstić information content (AvgIpc) is 2.84. The summed E-state index contributed by atoms with van der Waals surface area (Å²) in [5.41, 5.74) is 1.94. The number of hydrogen-bond donors (Lipinski definition) is 0. The van der Waals surface area contributed by atoms with Crippen molar-refractivity contribution >= 4 is 32.3 Å². The van der Waals surface area contributed by atoms with Gasteiger partial charge < -0.3 is 0 Å². The van der Waals surface area contributed by atoms with Crippen molar-refractivity contribution in [2.45, 2.75) is 0 Å². The van der Waals surface area contributed by atoms with Crippen LogP contribution in [0.1, 0.15) is 0 Å². The third-order valence-corrected chi connectivity index (χ3v) is 5.33. The second kappa shape index (κ2) is 6.63. The second-order valence-electron chi connectivity index (χ2n) is 6.96. The summed E-state index contributed by atoms with van der Waals surface area (Å²) in [5, 5.41) is 6.80. The van der Waals surface area contributed by atoms with E-state index < -0.39 is 0 Å². The fourth-order valence-corrected chi connectivity index (χ4v) is 4.11. The van der Waals surface area contributed by atoms with Crippen molar-refractivity contribution in [3.63, 3.8) is 0 Å². The van der Waals surface area contributed by atoms with Gasteiger partial charge in [0.25, 0.3) is 0 Å². The lowest BCUT2D eigenvalue weighted by Gasteiger charge is -2.14. The molecule has 2 aromatic heterocycles. The molecule has 2 heterocycles. The van der Waals surface area contributed by atoms with E-state index in [1.165, 1.54) is 30.7 Å². The maximum atomic E-state index is 4.39. The highest BCUT2D eigenvalue weighted by Crippen LogP contribution is 2.40. The lowest BCUT2D eigenvalue weighted by Crippen LogP contribution is -1.94. The summed E-state index contributed by atoms with van der Waals surface area (Å²) in [6.07, 6.45) is 6.10. The third kappa shape index (κ3) is 2.51. The van der Waals surface area contributed by atoms with Crippen molar-refractivity contribution in [2.24, 2.45) is 0 Å². The highest BCUT2D eigenvalue weighted by atomic mass is 15.0. The zero-order chi connectivity index (χ0) is 19.9. The Labute approximate surface area is 171 Å². The van der Waals surface area contributed by atoms with Crippen LogP contribution < -0.4 is 0 Å². The molecule has 0 atom stereocenters. The normalized spacial score (nSPS) is 11.3. The number of hydrogen-bond acceptors (Lipinski definition) is 6. The lowest BCUT2D eigenvalue weighted by atomic mass is 9.90. The van der Waals surface area contributed by atoms with Gasteiger partial charge in [0.05, 0.1) is 0 Å². The van der Waals surface area contributed by atoms with Gasteiger partial charge in [0, 0.05) is 11.1 Å². The Balaban J connectivity index is 1.82. The van der Waals surface area contributed by atoms with Crippen molar-refractivity contribution in [1.29, 1.82) is 0 Å². The summed E-state index contributed by atoms with van der Waals surface area (Å²) in [4.78, 5) is 25.5. The molecular formula is C24H14N6. The van der Waals surface area contributed by atoms with Crippen LogP contribution >= 0.6 is 0 Å². The fraction of sp³-hybridized carbons (Fsp3) is 0. The maximum absolute atomic E-state index is 4.39. The van der Waals surface area contributed by atoms with Crippen LogP contribution in [0, 0.1) is 0 Å². The summed E-state index contributed by atoms with van der Waals surface area (Å²) in [7, 11) is 0. The summed E-state index contributed by atoms with van der Waals surface area (Å²) >= 11 is 0. The van der Waals surface area contributed by atoms with Crippen LogP contribution in [0.2, 0.25) is 0 Å². The monoisotopic (exact) mass is 386 g/mol. The van der Waals surface area contributed by atoms with Gasteiger partial charge in [-0.2, -0.15) is 0 Å². The van der Waals surface area contributed by atoms with E-state index in [9.17, 15) is 0 Å². The molecule has 0 aliphatic carbocycles. The minimum Gasteiger partial charge on any atom is -0.225 e. The van der Waals surface area contributed by atoms with E-state index in [1.807, 2.05) is 12.1 Å². The van der Waals surface area contributed by atoms with Gasteiger partial charge in [0.15, 0.2) is 11.6 Å². The first-order valence-electron chi connectivity index (χ1n) is 9.52. The Morgan fingerprint density at radius 1 is 0.467 bits per heavy atom. The van der Waals surface area contributed by atoms with Gasteiger partial charge in [0.2, 0.25) is 0 Å². The molecular weight excluding hydrogens is 372 g/mol. The molecule has 0 unspecified atom stereocenters. The molecule has 0 fully saturated rings. The fourth-order valence-electron chi connectivity index (χ4n) is 4.11. The number of rotatable bonds is 2. The van der Waals surface area contributed by atoms with Crippen LogP contribution in [0.4, 0.5) is 0 Å². The highest BCUT2D eigenvalue weighted by Gasteiger charge is 2.16. The Bertz CT molecular complexity index is 1420. The van der Waals surface area contributed by atoms with Crippen LogP contribution in [-0.4, -0.2) is 29.9 Å². The Kier molecular flexibility index (Phi) is 3.67. The zero-order valence-electron chi connectivity index (χ0n) is 15.8. The average molecular weight is 386 g/mol. The number of aromatic nitrogens is 6. The molecule has 140 valence electrons. The lowest BCUT2D eigenvalue weighted by molar-refractivity contribution is 1.06. The maximum Gasteiger partial charge on any atom is 0.163 e. The Morgan fingerprint density at radius 2 is 0.867 bits per heavy atom. The van der Waals surface area contributed by atoms with Crippen LogP contribution in [0.3, 0.4) is 0 Å². The van der Waals surface area contributed by atoms with Gasteiger partial charge in [0.1, 0.15) is 25.3 Å². The zero-order valence-corrected chi connectivity index (χ0v) is 15.8. The minimum atomic E-state index is 0.651. The quantitative estimate of drug-likeness (QED) is 0.396. The van der Waals surface area contributed by atoms with E-state index in [0.29, 0.717) is 11.6 Å². The van der Waals surface area contributed by atoms with E-state index in [2.05, 4.69) is 78.4 Å². The third-order valence-electron chi connectivity index (χ3n) is 5.33. The Hall–Kier alpha value is -4.32. The van der Waals surface area contributed by atoms with Crippen molar-refractivity contribution in [3.8, 4) is 22.8 Å². The van der Waals surface area contributed by atoms with E-state index in [0.717, 1.165) is 38.1 Å². The summed E-state index contributed by atoms with van der Waals surface area (Å²) in [6, 6.07) is 21.0. The molecule has 6 heteroatoms. The second-order valence-corrected chi connectivity index (χ2v) is 6.96. The topological polar surface area (TPSA) is 77.3 Å². The predicted molar refractivity (Wildman–Crippen MR) is 117 cm³/mol. The van der Waals surface area contributed by atoms with Crippen molar-refractivity contribution < 1.29 is 0 Å². The largest absolute Gasteiger partial charge is 0.225 e. The molecule has 0 aliphatic rings. The van der Waals surface area contributed by atoms with E-state index >= 15 is 0 Å². The smallest absolute Gasteiger partial charge is 0.163 e. The molecule has 0 amide bonds. The SMILES string of the molecule is c1ccc2c(c1)c(-c1ncncn1)cc1cc(-c3ncncn3)c3ccccc3c12. The molecule has 0 radical (unpaired) electrons. The van der Waals surface area contributed by atoms with Crippen LogP contribution in [0.5, 0.6) is 0 Å². The minimum absolute atomic E-state index is 0.651. The van der Waals surface area contributed by atoms with Gasteiger partial charge in [-0.25, -0.2) is 29.9 Å². The molecule has 6 nitrogen and oxygen atoms in total. The van der Waals surface area contributed by atoms with Crippen LogP contribution in [-0.2, 0) is 0 Å². The van der Waals surface area contributed by atoms with Gasteiger partial charge in [-0.1, -0.05) is 48.5 Å². The molecule has 0 aliphatic heterocycles. The van der Waals surface area contributed by atoms with Gasteiger partial charge >= 0.3 is 0 Å². The number of fused-ring (bicyclic) bond motifs is 5. The van der Waals surface area contributed by atoms with E-state index in [4.69, 9.17) is 0 Å². The van der Waals surface area contributed by atoms with Gasteiger partial charge in [-0.3, -0.25) is 0 Å². The van der Waals surface area contributed by atoms with E-state index in [-0.39, 0.29) is 0 Å². The first-order valence-corrected chi connectivity index (χ1v) is 9.52. The first kappa shape index (κ1) is 16.6. The predicted octanol–water partition coefficient (Wildman–Crippen LogP) is 4.85. The number of benzene rings is 4. The summed E-state index contributed by atoms with van der Waals surface area (Å²) < 4.78 is 0. The van der Waals surface area contributed by atoms with Gasteiger partial charge in [-0.05, 0) is 44.5 Å². The molecule has 0 saturated heterocycles. The number of nitrogens with zero attached hydrogens (tertiary/aromatic N) is 6. The molecule has 6 rings (SSSR count). The van der Waals surface area contributed by atoms with Crippen LogP contribution in [0.15, 0.2) is 86.0 Å². The van der Waals surface area contributed by atoms with Crippen LogP contribution in [0.25, 0.3) is 55.1 Å². The first-order chi connectivity index (χ1) is 14.9. The summed E-state index contributed by atoms with van der Waals surface area (Å²) in [6.45, 7) is 0. The summed E-state index contributed by atoms with van der Waals surface area (Å²) in [5.74, 6) is 1.30. The van der Waals surface area contributed by atoms with E-state index in [1.54, 1.807) is 0 Å². The molecule has 4 aromatic carbocycles. The van der Waals surface area contributed by atoms with Crippen molar-refractivity contribution in [1.82, 2.24) is 29.9 Å². The van der Waals surface area contributed by atoms with Crippen molar-refractivity contribution in [2.75, 3.05) is 0 Å². The molecule has 0 N–H and O–H groups in total. The van der Waals surface area contributed by atoms with Crippen molar-refractivity contribution in [3.05, 3.63) is 86.0 Å². The molecule has 0 bridgehead atoms. The molecule has 6 aromatic rings. The standard InChI is InChI=1S/C24H14N6/c1-3-7-18-16(5-1)20(23-27-11-25-12-28-23)9-15-10-21(24-29-13-26-14-30-24)17-6-2-4-8-19(17)22(15)18/h1-14H. The Morgan fingerprint density at radius 3 is 1.30 bits per heavy atom. The highest BCUT2D eigenvalue weighted by molar-refractivity contribution is 6.25. The van der Waals surface area contributed by atoms with Gasteiger partial charge in [-0.15, -0.1) is 0 Å². The molecule has 0 spiro atoms. The molecule has 0 saturated carbocycles.